The van der Waals surface area contributed by atoms with Crippen molar-refractivity contribution < 1.29 is 14.6 Å². The summed E-state index contributed by atoms with van der Waals surface area (Å²) in [6.07, 6.45) is 0.789. The largest absolute Gasteiger partial charge is 0.497 e. The van der Waals surface area contributed by atoms with Gasteiger partial charge in [-0.2, -0.15) is 0 Å². The van der Waals surface area contributed by atoms with Gasteiger partial charge in [-0.25, -0.2) is 0 Å². The monoisotopic (exact) mass is 210 g/mol. The Morgan fingerprint density at radius 1 is 1.27 bits per heavy atom. The molecular weight excluding hydrogens is 192 g/mol. The topological polar surface area (TPSA) is 38.7 Å². The summed E-state index contributed by atoms with van der Waals surface area (Å²) in [5, 5.41) is 9.01. The van der Waals surface area contributed by atoms with E-state index in [0.29, 0.717) is 0 Å². The Bertz CT molecular complexity index is 310. The van der Waals surface area contributed by atoms with Crippen molar-refractivity contribution >= 4 is 0 Å². The van der Waals surface area contributed by atoms with Crippen LogP contribution in [-0.2, 0) is 6.42 Å². The van der Waals surface area contributed by atoms with Gasteiger partial charge in [-0.1, -0.05) is 6.92 Å². The summed E-state index contributed by atoms with van der Waals surface area (Å²) in [7, 11) is 3.29. The zero-order chi connectivity index (χ0) is 11.3. The van der Waals surface area contributed by atoms with Gasteiger partial charge in [0.15, 0.2) is 0 Å². The lowest BCUT2D eigenvalue weighted by atomic mass is 10.0. The van der Waals surface area contributed by atoms with E-state index in [0.717, 1.165) is 23.5 Å². The second-order valence-electron chi connectivity index (χ2n) is 3.67. The molecule has 0 aromatic heterocycles. The van der Waals surface area contributed by atoms with Crippen molar-refractivity contribution in [2.45, 2.75) is 13.3 Å². The number of benzene rings is 1. The smallest absolute Gasteiger partial charge is 0.122 e. The lowest BCUT2D eigenvalue weighted by Crippen LogP contribution is -2.06. The molecule has 0 amide bonds. The Balaban J connectivity index is 2.90. The summed E-state index contributed by atoms with van der Waals surface area (Å²) in [5.74, 6) is 1.89. The van der Waals surface area contributed by atoms with Crippen molar-refractivity contribution in [3.8, 4) is 11.5 Å². The second kappa shape index (κ2) is 5.61. The van der Waals surface area contributed by atoms with Crippen LogP contribution in [0.4, 0.5) is 0 Å². The first kappa shape index (κ1) is 11.9. The highest BCUT2D eigenvalue weighted by Gasteiger charge is 2.08. The highest BCUT2D eigenvalue weighted by atomic mass is 16.5. The molecule has 15 heavy (non-hydrogen) atoms. The minimum atomic E-state index is 0.181. The van der Waals surface area contributed by atoms with Crippen LogP contribution in [-0.4, -0.2) is 25.9 Å². The predicted molar refractivity (Wildman–Crippen MR) is 59.5 cm³/mol. The van der Waals surface area contributed by atoms with Crippen LogP contribution in [0.2, 0.25) is 0 Å². The number of methoxy groups -OCH3 is 2. The molecule has 1 N–H and O–H groups in total. The number of hydrogen-bond acceptors (Lipinski definition) is 3. The summed E-state index contributed by atoms with van der Waals surface area (Å²) >= 11 is 0. The summed E-state index contributed by atoms with van der Waals surface area (Å²) in [6.45, 7) is 2.18. The molecule has 1 aromatic carbocycles. The fourth-order valence-electron chi connectivity index (χ4n) is 1.48. The normalized spacial score (nSPS) is 12.3. The van der Waals surface area contributed by atoms with E-state index >= 15 is 0 Å². The quantitative estimate of drug-likeness (QED) is 0.806. The zero-order valence-corrected chi connectivity index (χ0v) is 9.49. The molecule has 0 saturated carbocycles. The zero-order valence-electron chi connectivity index (χ0n) is 9.49. The van der Waals surface area contributed by atoms with Gasteiger partial charge in [0, 0.05) is 6.61 Å². The van der Waals surface area contributed by atoms with Crippen LogP contribution in [0.15, 0.2) is 18.2 Å². The van der Waals surface area contributed by atoms with Crippen LogP contribution in [0.5, 0.6) is 11.5 Å². The molecular formula is C12H18O3. The molecule has 3 nitrogen and oxygen atoms in total. The van der Waals surface area contributed by atoms with Gasteiger partial charge in [-0.05, 0) is 36.1 Å². The molecule has 0 radical (unpaired) electrons. The maximum absolute atomic E-state index is 9.01. The number of aliphatic hydroxyl groups excluding tert-OH is 1. The molecule has 0 unspecified atom stereocenters. The van der Waals surface area contributed by atoms with Gasteiger partial charge in [-0.15, -0.1) is 0 Å². The van der Waals surface area contributed by atoms with Gasteiger partial charge >= 0.3 is 0 Å². The first-order valence-electron chi connectivity index (χ1n) is 5.03. The standard InChI is InChI=1S/C12H18O3/c1-9(8-13)6-10-7-11(14-2)4-5-12(10)15-3/h4-5,7,9,13H,6,8H2,1-3H3/t9-/m1/s1. The third kappa shape index (κ3) is 3.13. The molecule has 0 aliphatic heterocycles. The molecule has 0 fully saturated rings. The van der Waals surface area contributed by atoms with Crippen LogP contribution in [0.3, 0.4) is 0 Å². The van der Waals surface area contributed by atoms with E-state index in [1.807, 2.05) is 25.1 Å². The predicted octanol–water partition coefficient (Wildman–Crippen LogP) is 1.87. The highest BCUT2D eigenvalue weighted by molar-refractivity contribution is 5.40. The maximum atomic E-state index is 9.01. The van der Waals surface area contributed by atoms with Gasteiger partial charge in [0.25, 0.3) is 0 Å². The van der Waals surface area contributed by atoms with Crippen molar-refractivity contribution in [3.63, 3.8) is 0 Å². The number of ether oxygens (including phenoxy) is 2. The van der Waals surface area contributed by atoms with E-state index in [1.165, 1.54) is 0 Å². The van der Waals surface area contributed by atoms with Gasteiger partial charge in [0.1, 0.15) is 11.5 Å². The summed E-state index contributed by atoms with van der Waals surface area (Å²) < 4.78 is 10.4. The van der Waals surface area contributed by atoms with Crippen LogP contribution in [0.25, 0.3) is 0 Å². The van der Waals surface area contributed by atoms with Crippen molar-refractivity contribution in [1.82, 2.24) is 0 Å². The molecule has 0 spiro atoms. The molecule has 0 aliphatic carbocycles. The van der Waals surface area contributed by atoms with Crippen LogP contribution in [0.1, 0.15) is 12.5 Å². The minimum absolute atomic E-state index is 0.181. The Kier molecular flexibility index (Phi) is 4.43. The molecule has 1 rings (SSSR count). The average Bonchev–Trinajstić information content (AvgIpc) is 2.28. The van der Waals surface area contributed by atoms with Crippen molar-refractivity contribution in [2.75, 3.05) is 20.8 Å². The Hall–Kier alpha value is -1.22. The third-order valence-corrected chi connectivity index (χ3v) is 2.37. The van der Waals surface area contributed by atoms with Crippen molar-refractivity contribution in [1.29, 1.82) is 0 Å². The molecule has 0 aliphatic rings. The maximum Gasteiger partial charge on any atom is 0.122 e. The van der Waals surface area contributed by atoms with E-state index < -0.39 is 0 Å². The van der Waals surface area contributed by atoms with Crippen molar-refractivity contribution in [2.24, 2.45) is 5.92 Å². The van der Waals surface area contributed by atoms with Gasteiger partial charge in [-0.3, -0.25) is 0 Å². The minimum Gasteiger partial charge on any atom is -0.497 e. The summed E-state index contributed by atoms with van der Waals surface area (Å²) in [4.78, 5) is 0. The number of rotatable bonds is 5. The Morgan fingerprint density at radius 2 is 2.00 bits per heavy atom. The molecule has 1 atom stereocenters. The van der Waals surface area contributed by atoms with E-state index in [2.05, 4.69) is 0 Å². The van der Waals surface area contributed by atoms with Gasteiger partial charge in [0.05, 0.1) is 14.2 Å². The van der Waals surface area contributed by atoms with Crippen molar-refractivity contribution in [3.05, 3.63) is 23.8 Å². The van der Waals surface area contributed by atoms with E-state index in [-0.39, 0.29) is 12.5 Å². The molecule has 84 valence electrons. The third-order valence-electron chi connectivity index (χ3n) is 2.37. The average molecular weight is 210 g/mol. The molecule has 0 heterocycles. The first-order valence-corrected chi connectivity index (χ1v) is 5.03. The Labute approximate surface area is 90.6 Å². The van der Waals surface area contributed by atoms with Crippen LogP contribution in [0, 0.1) is 5.92 Å². The molecule has 1 aromatic rings. The summed E-state index contributed by atoms with van der Waals surface area (Å²) in [5.41, 5.74) is 1.07. The Morgan fingerprint density at radius 3 is 2.53 bits per heavy atom. The molecule has 0 saturated heterocycles. The van der Waals surface area contributed by atoms with Gasteiger partial charge in [0.2, 0.25) is 0 Å². The van der Waals surface area contributed by atoms with Gasteiger partial charge < -0.3 is 14.6 Å². The van der Waals surface area contributed by atoms with E-state index in [1.54, 1.807) is 14.2 Å². The lowest BCUT2D eigenvalue weighted by Gasteiger charge is -2.13. The van der Waals surface area contributed by atoms with Crippen LogP contribution >= 0.6 is 0 Å². The van der Waals surface area contributed by atoms with E-state index in [9.17, 15) is 0 Å². The highest BCUT2D eigenvalue weighted by Crippen LogP contribution is 2.26. The fourth-order valence-corrected chi connectivity index (χ4v) is 1.48. The SMILES string of the molecule is COc1ccc(OC)c(C[C@@H](C)CO)c1. The second-order valence-corrected chi connectivity index (χ2v) is 3.67. The number of hydrogen-bond donors (Lipinski definition) is 1. The van der Waals surface area contributed by atoms with Crippen LogP contribution < -0.4 is 9.47 Å². The van der Waals surface area contributed by atoms with E-state index in [4.69, 9.17) is 14.6 Å². The molecule has 0 bridgehead atoms. The number of aliphatic hydroxyl groups is 1. The first-order chi connectivity index (χ1) is 7.21. The molecule has 3 heteroatoms. The lowest BCUT2D eigenvalue weighted by molar-refractivity contribution is 0.236. The summed E-state index contributed by atoms with van der Waals surface area (Å²) in [6, 6.07) is 5.70. The fraction of sp³-hybridized carbons (Fsp3) is 0.500.